The molecule has 0 radical (unpaired) electrons. The molecule has 0 aliphatic carbocycles. The summed E-state index contributed by atoms with van der Waals surface area (Å²) in [4.78, 5) is 37.9. The summed E-state index contributed by atoms with van der Waals surface area (Å²) in [5.74, 6) is -0.983. The highest BCUT2D eigenvalue weighted by molar-refractivity contribution is 8.00. The molecule has 0 saturated carbocycles. The van der Waals surface area contributed by atoms with Crippen LogP contribution in [-0.2, 0) is 14.4 Å². The van der Waals surface area contributed by atoms with E-state index in [4.69, 9.17) is 0 Å². The average molecular weight is 361 g/mol. The van der Waals surface area contributed by atoms with E-state index in [9.17, 15) is 19.5 Å². The first-order chi connectivity index (χ1) is 10.9. The van der Waals surface area contributed by atoms with Gasteiger partial charge in [0.1, 0.15) is 12.1 Å². The molecule has 0 bridgehead atoms. The summed E-state index contributed by atoms with van der Waals surface area (Å²) in [5.41, 5.74) is 0. The Balaban J connectivity index is 2.09. The Morgan fingerprint density at radius 2 is 2.17 bits per heavy atom. The van der Waals surface area contributed by atoms with E-state index in [0.717, 1.165) is 19.3 Å². The summed E-state index contributed by atoms with van der Waals surface area (Å²) in [6.45, 7) is 3.93. The minimum atomic E-state index is -0.980. The molecule has 8 heteroatoms. The minimum Gasteiger partial charge on any atom is -0.480 e. The fourth-order valence-corrected chi connectivity index (χ4v) is 4.68. The number of carboxylic acid groups (broad SMARTS) is 1. The van der Waals surface area contributed by atoms with Gasteiger partial charge in [-0.2, -0.15) is 12.6 Å². The molecule has 2 fully saturated rings. The van der Waals surface area contributed by atoms with Gasteiger partial charge in [-0.25, -0.2) is 4.79 Å². The number of amides is 2. The van der Waals surface area contributed by atoms with Crippen molar-refractivity contribution in [1.29, 1.82) is 0 Å². The van der Waals surface area contributed by atoms with E-state index in [0.29, 0.717) is 12.2 Å². The van der Waals surface area contributed by atoms with Crippen LogP contribution in [0.15, 0.2) is 0 Å². The topological polar surface area (TPSA) is 86.7 Å². The van der Waals surface area contributed by atoms with Crippen molar-refractivity contribution < 1.29 is 19.5 Å². The molecule has 23 heavy (non-hydrogen) atoms. The zero-order chi connectivity index (χ0) is 17.1. The van der Waals surface area contributed by atoms with Crippen LogP contribution in [0, 0.1) is 5.92 Å². The fraction of sp³-hybridized carbons (Fsp3) is 0.800. The molecule has 2 aliphatic heterocycles. The summed E-state index contributed by atoms with van der Waals surface area (Å²) in [6.07, 6.45) is 2.93. The van der Waals surface area contributed by atoms with Crippen molar-refractivity contribution in [1.82, 2.24) is 10.2 Å². The van der Waals surface area contributed by atoms with E-state index in [-0.39, 0.29) is 23.1 Å². The number of fused-ring (bicyclic) bond motifs is 1. The number of carboxylic acids is 1. The summed E-state index contributed by atoms with van der Waals surface area (Å²) in [6, 6.07) is -1.44. The van der Waals surface area contributed by atoms with Crippen molar-refractivity contribution in [3.05, 3.63) is 0 Å². The van der Waals surface area contributed by atoms with Crippen LogP contribution in [0.5, 0.6) is 0 Å². The number of carbonyl (C=O) groups is 3. The van der Waals surface area contributed by atoms with E-state index in [2.05, 4.69) is 17.9 Å². The van der Waals surface area contributed by atoms with Gasteiger partial charge >= 0.3 is 5.97 Å². The van der Waals surface area contributed by atoms with Gasteiger partial charge in [-0.15, -0.1) is 11.8 Å². The predicted molar refractivity (Wildman–Crippen MR) is 92.5 cm³/mol. The molecule has 0 aromatic carbocycles. The Hall–Kier alpha value is -0.890. The highest BCUT2D eigenvalue weighted by Crippen LogP contribution is 2.35. The monoisotopic (exact) mass is 360 g/mol. The molecule has 1 unspecified atom stereocenters. The minimum absolute atomic E-state index is 0.0909. The van der Waals surface area contributed by atoms with Gasteiger partial charge < -0.3 is 15.3 Å². The molecule has 2 heterocycles. The predicted octanol–water partition coefficient (Wildman–Crippen LogP) is 1.35. The molecule has 2 aliphatic rings. The molecule has 2 rings (SSSR count). The van der Waals surface area contributed by atoms with Crippen LogP contribution in [0.25, 0.3) is 0 Å². The van der Waals surface area contributed by atoms with Crippen LogP contribution >= 0.6 is 24.4 Å². The fourth-order valence-electron chi connectivity index (χ4n) is 2.94. The Morgan fingerprint density at radius 3 is 2.78 bits per heavy atom. The largest absolute Gasteiger partial charge is 0.480 e. The first kappa shape index (κ1) is 18.4. The third-order valence-electron chi connectivity index (χ3n) is 4.64. The van der Waals surface area contributed by atoms with Crippen LogP contribution < -0.4 is 5.32 Å². The standard InChI is InChI=1S/C15H24N2O4S2/c1-3-8(2)12(22)13(18)16-9-5-4-6-11-17(14(9)19)10(7-23-11)15(20)21/h8-12,22H,3-7H2,1-2H3,(H,16,18)(H,20,21)/t8-,9-,10-,11+,12?/m0/s1. The molecule has 2 saturated heterocycles. The highest BCUT2D eigenvalue weighted by Gasteiger charge is 2.45. The molecular weight excluding hydrogens is 336 g/mol. The third kappa shape index (κ3) is 3.96. The zero-order valence-corrected chi connectivity index (χ0v) is 15.1. The number of hydrogen-bond donors (Lipinski definition) is 3. The van der Waals surface area contributed by atoms with Crippen LogP contribution in [0.4, 0.5) is 0 Å². The number of carbonyl (C=O) groups excluding carboxylic acids is 2. The molecule has 6 nitrogen and oxygen atoms in total. The molecule has 5 atom stereocenters. The maximum Gasteiger partial charge on any atom is 0.327 e. The van der Waals surface area contributed by atoms with Gasteiger partial charge in [0.2, 0.25) is 11.8 Å². The second-order valence-electron chi connectivity index (χ2n) is 6.21. The summed E-state index contributed by atoms with van der Waals surface area (Å²) < 4.78 is 0. The van der Waals surface area contributed by atoms with Crippen LogP contribution in [-0.4, -0.2) is 56.3 Å². The van der Waals surface area contributed by atoms with Crippen molar-refractivity contribution >= 4 is 42.2 Å². The van der Waals surface area contributed by atoms with Gasteiger partial charge in [0.05, 0.1) is 10.6 Å². The normalized spacial score (nSPS) is 30.3. The van der Waals surface area contributed by atoms with Crippen molar-refractivity contribution in [3.8, 4) is 0 Å². The first-order valence-corrected chi connectivity index (χ1v) is 9.58. The number of nitrogens with zero attached hydrogens (tertiary/aromatic N) is 1. The molecule has 0 aromatic rings. The first-order valence-electron chi connectivity index (χ1n) is 8.01. The Labute approximate surface area is 146 Å². The lowest BCUT2D eigenvalue weighted by Crippen LogP contribution is -2.54. The quantitative estimate of drug-likeness (QED) is 0.645. The van der Waals surface area contributed by atoms with Crippen LogP contribution in [0.3, 0.4) is 0 Å². The second kappa shape index (κ2) is 7.79. The Bertz CT molecular complexity index is 488. The molecular formula is C15H24N2O4S2. The van der Waals surface area contributed by atoms with Crippen LogP contribution in [0.1, 0.15) is 39.5 Å². The number of hydrogen-bond acceptors (Lipinski definition) is 5. The van der Waals surface area contributed by atoms with Crippen molar-refractivity contribution in [2.45, 2.75) is 62.2 Å². The number of thiol groups is 1. The van der Waals surface area contributed by atoms with Crippen molar-refractivity contribution in [3.63, 3.8) is 0 Å². The smallest absolute Gasteiger partial charge is 0.327 e. The zero-order valence-electron chi connectivity index (χ0n) is 13.4. The van der Waals surface area contributed by atoms with E-state index in [1.165, 1.54) is 16.7 Å². The maximum absolute atomic E-state index is 12.7. The summed E-state index contributed by atoms with van der Waals surface area (Å²) >= 11 is 5.86. The average Bonchev–Trinajstić information content (AvgIpc) is 2.89. The molecule has 2 N–H and O–H groups in total. The van der Waals surface area contributed by atoms with Crippen molar-refractivity contribution in [2.75, 3.05) is 5.75 Å². The van der Waals surface area contributed by atoms with E-state index < -0.39 is 23.3 Å². The van der Waals surface area contributed by atoms with Gasteiger partial charge in [-0.05, 0) is 25.2 Å². The lowest BCUT2D eigenvalue weighted by atomic mass is 10.0. The number of aliphatic carboxylic acids is 1. The summed E-state index contributed by atoms with van der Waals surface area (Å²) in [5, 5.41) is 11.5. The Morgan fingerprint density at radius 1 is 1.48 bits per heavy atom. The van der Waals surface area contributed by atoms with E-state index >= 15 is 0 Å². The summed E-state index contributed by atoms with van der Waals surface area (Å²) in [7, 11) is 0. The molecule has 0 aromatic heterocycles. The highest BCUT2D eigenvalue weighted by atomic mass is 32.2. The van der Waals surface area contributed by atoms with Crippen LogP contribution in [0.2, 0.25) is 0 Å². The van der Waals surface area contributed by atoms with Gasteiger partial charge in [-0.3, -0.25) is 9.59 Å². The van der Waals surface area contributed by atoms with Gasteiger partial charge in [-0.1, -0.05) is 20.3 Å². The van der Waals surface area contributed by atoms with Gasteiger partial charge in [0.25, 0.3) is 0 Å². The van der Waals surface area contributed by atoms with Gasteiger partial charge in [0, 0.05) is 5.75 Å². The molecule has 130 valence electrons. The van der Waals surface area contributed by atoms with E-state index in [1.54, 1.807) is 0 Å². The Kier molecular flexibility index (Phi) is 6.25. The third-order valence-corrected chi connectivity index (χ3v) is 6.74. The number of thioether (sulfide) groups is 1. The molecule has 2 amide bonds. The SMILES string of the molecule is CC[C@H](C)C(S)C(=O)N[C@H]1CCC[C@H]2SC[C@@H](C(=O)O)N2C1=O. The number of rotatable bonds is 5. The van der Waals surface area contributed by atoms with Gasteiger partial charge in [0.15, 0.2) is 0 Å². The van der Waals surface area contributed by atoms with E-state index in [1.807, 2.05) is 13.8 Å². The maximum atomic E-state index is 12.7. The second-order valence-corrected chi connectivity index (χ2v) is 7.98. The number of nitrogens with one attached hydrogen (secondary N) is 1. The lowest BCUT2D eigenvalue weighted by molar-refractivity contribution is -0.150. The lowest BCUT2D eigenvalue weighted by Gasteiger charge is -2.29. The molecule has 0 spiro atoms. The van der Waals surface area contributed by atoms with Crippen molar-refractivity contribution in [2.24, 2.45) is 5.92 Å².